The maximum Gasteiger partial charge on any atom is 0.248 e. The molecule has 2 atom stereocenters. The summed E-state index contributed by atoms with van der Waals surface area (Å²) in [5, 5.41) is 5.88. The Morgan fingerprint density at radius 2 is 1.75 bits per heavy atom. The van der Waals surface area contributed by atoms with E-state index in [1.807, 2.05) is 41.2 Å². The van der Waals surface area contributed by atoms with Crippen molar-refractivity contribution in [3.63, 3.8) is 0 Å². The second-order valence-corrected chi connectivity index (χ2v) is 11.8. The minimum atomic E-state index is -0.455. The minimum absolute atomic E-state index is 0.262. The zero-order valence-corrected chi connectivity index (χ0v) is 23.0. The molecule has 8 heteroatoms. The second kappa shape index (κ2) is 10.3. The van der Waals surface area contributed by atoms with Crippen LogP contribution < -0.4 is 10.5 Å². The molecule has 206 valence electrons. The van der Waals surface area contributed by atoms with Gasteiger partial charge in [0.1, 0.15) is 29.9 Å². The van der Waals surface area contributed by atoms with Gasteiger partial charge < -0.3 is 15.4 Å². The van der Waals surface area contributed by atoms with E-state index in [0.29, 0.717) is 30.1 Å². The van der Waals surface area contributed by atoms with E-state index in [-0.39, 0.29) is 6.10 Å². The molecule has 2 aromatic heterocycles. The number of piperidine rings is 1. The van der Waals surface area contributed by atoms with E-state index >= 15 is 0 Å². The average molecular weight is 537 g/mol. The van der Waals surface area contributed by atoms with Crippen LogP contribution >= 0.6 is 0 Å². The van der Waals surface area contributed by atoms with Gasteiger partial charge >= 0.3 is 0 Å². The summed E-state index contributed by atoms with van der Waals surface area (Å²) in [6.07, 6.45) is 11.8. The number of benzene rings is 2. The molecule has 3 aliphatic rings. The minimum Gasteiger partial charge on any atom is -0.490 e. The van der Waals surface area contributed by atoms with Gasteiger partial charge in [-0.25, -0.2) is 9.97 Å². The third-order valence-electron chi connectivity index (χ3n) is 9.31. The summed E-state index contributed by atoms with van der Waals surface area (Å²) in [4.78, 5) is 24.0. The number of nitrogens with two attached hydrogens (primary N) is 1. The predicted octanol–water partition coefficient (Wildman–Crippen LogP) is 5.30. The van der Waals surface area contributed by atoms with Gasteiger partial charge in [0.25, 0.3) is 0 Å². The van der Waals surface area contributed by atoms with Gasteiger partial charge in [0.05, 0.1) is 5.52 Å². The molecule has 8 nitrogen and oxygen atoms in total. The van der Waals surface area contributed by atoms with Gasteiger partial charge in [-0.3, -0.25) is 9.48 Å². The molecule has 1 aliphatic carbocycles. The normalized spacial score (nSPS) is 23.2. The molecule has 0 radical (unpaired) electrons. The van der Waals surface area contributed by atoms with Crippen LogP contribution in [0.4, 0.5) is 0 Å². The third-order valence-corrected chi connectivity index (χ3v) is 9.31. The lowest BCUT2D eigenvalue weighted by atomic mass is 10.0. The molecule has 2 aliphatic heterocycles. The first kappa shape index (κ1) is 25.2. The zero-order chi connectivity index (χ0) is 27.2. The van der Waals surface area contributed by atoms with Gasteiger partial charge in [0.15, 0.2) is 0 Å². The molecule has 3 fully saturated rings. The lowest BCUT2D eigenvalue weighted by Crippen LogP contribution is -2.43. The fourth-order valence-corrected chi connectivity index (χ4v) is 7.08. The van der Waals surface area contributed by atoms with Gasteiger partial charge in [0.2, 0.25) is 5.91 Å². The van der Waals surface area contributed by atoms with E-state index in [4.69, 9.17) is 20.6 Å². The Kier molecular flexibility index (Phi) is 6.50. The molecule has 40 heavy (non-hydrogen) atoms. The number of aromatic nitrogens is 4. The number of ether oxygens (including phenoxy) is 1. The maximum atomic E-state index is 12.0. The molecule has 1 amide bonds. The highest BCUT2D eigenvalue weighted by Gasteiger charge is 2.39. The van der Waals surface area contributed by atoms with E-state index in [1.165, 1.54) is 38.5 Å². The summed E-state index contributed by atoms with van der Waals surface area (Å²) in [5.74, 6) is 1.70. The summed E-state index contributed by atoms with van der Waals surface area (Å²) in [7, 11) is 2.25. The number of rotatable bonds is 7. The molecule has 7 rings (SSSR count). The predicted molar refractivity (Wildman–Crippen MR) is 154 cm³/mol. The molecule has 2 aromatic carbocycles. The van der Waals surface area contributed by atoms with Crippen molar-refractivity contribution in [3.05, 3.63) is 71.8 Å². The van der Waals surface area contributed by atoms with Crippen LogP contribution in [0, 0.1) is 0 Å². The fraction of sp³-hybridized carbons (Fsp3) is 0.438. The maximum absolute atomic E-state index is 12.0. The molecule has 4 heterocycles. The van der Waals surface area contributed by atoms with Crippen molar-refractivity contribution in [2.45, 2.75) is 82.0 Å². The van der Waals surface area contributed by atoms with Crippen LogP contribution in [0.1, 0.15) is 79.2 Å². The van der Waals surface area contributed by atoms with Crippen LogP contribution in [0.2, 0.25) is 0 Å². The molecular formula is C32H36N6O2. The average Bonchev–Trinajstić information content (AvgIpc) is 3.67. The number of carbonyl (C=O) groups excluding carboxylic acids is 1. The number of primary amides is 1. The topological polar surface area (TPSA) is 99.2 Å². The van der Waals surface area contributed by atoms with E-state index in [0.717, 1.165) is 52.3 Å². The molecule has 1 saturated carbocycles. The first-order valence-corrected chi connectivity index (χ1v) is 14.6. The fourth-order valence-electron chi connectivity index (χ4n) is 7.08. The number of nitrogens with zero attached hydrogens (tertiary/aromatic N) is 5. The highest BCUT2D eigenvalue weighted by atomic mass is 16.5. The molecule has 0 spiro atoms. The second-order valence-electron chi connectivity index (χ2n) is 11.8. The van der Waals surface area contributed by atoms with Crippen molar-refractivity contribution >= 4 is 16.8 Å². The summed E-state index contributed by atoms with van der Waals surface area (Å²) in [6, 6.07) is 17.0. The quantitative estimate of drug-likeness (QED) is 0.344. The van der Waals surface area contributed by atoms with Crippen molar-refractivity contribution in [2.75, 3.05) is 7.05 Å². The first-order valence-electron chi connectivity index (χ1n) is 14.6. The van der Waals surface area contributed by atoms with Crippen molar-refractivity contribution in [3.8, 4) is 17.0 Å². The largest absolute Gasteiger partial charge is 0.490 e. The Morgan fingerprint density at radius 1 is 1.00 bits per heavy atom. The Hall–Kier alpha value is -3.78. The number of hydrogen-bond donors (Lipinski definition) is 1. The van der Waals surface area contributed by atoms with Crippen LogP contribution in [0.5, 0.6) is 5.75 Å². The lowest BCUT2D eigenvalue weighted by molar-refractivity contribution is 0.0662. The monoisotopic (exact) mass is 536 g/mol. The summed E-state index contributed by atoms with van der Waals surface area (Å²) < 4.78 is 8.35. The number of amides is 1. The Morgan fingerprint density at radius 3 is 2.48 bits per heavy atom. The smallest absolute Gasteiger partial charge is 0.248 e. The van der Waals surface area contributed by atoms with Crippen LogP contribution in [-0.4, -0.2) is 55.8 Å². The van der Waals surface area contributed by atoms with E-state index in [9.17, 15) is 4.79 Å². The van der Waals surface area contributed by atoms with Gasteiger partial charge in [0, 0.05) is 46.4 Å². The Bertz CT molecular complexity index is 1530. The van der Waals surface area contributed by atoms with Crippen molar-refractivity contribution in [1.82, 2.24) is 24.6 Å². The molecule has 2 bridgehead atoms. The summed E-state index contributed by atoms with van der Waals surface area (Å²) in [5.41, 5.74) is 9.90. The van der Waals surface area contributed by atoms with Crippen LogP contribution in [0.25, 0.3) is 22.2 Å². The van der Waals surface area contributed by atoms with Crippen molar-refractivity contribution in [2.24, 2.45) is 5.73 Å². The zero-order valence-electron chi connectivity index (χ0n) is 23.0. The summed E-state index contributed by atoms with van der Waals surface area (Å²) in [6.45, 7) is 0.451. The van der Waals surface area contributed by atoms with Crippen molar-refractivity contribution in [1.29, 1.82) is 0 Å². The first-order chi connectivity index (χ1) is 19.5. The van der Waals surface area contributed by atoms with E-state index < -0.39 is 5.91 Å². The highest BCUT2D eigenvalue weighted by molar-refractivity contribution is 6.01. The van der Waals surface area contributed by atoms with Gasteiger partial charge in [-0.1, -0.05) is 12.8 Å². The Balaban J connectivity index is 1.17. The SMILES string of the molecule is CN1C2CCC1CC(Oc1ccc(-c3nn(Cc4nccc(C5CCCC5)n4)c4ccc(C(N)=O)cc34)cc1)C2. The van der Waals surface area contributed by atoms with Crippen LogP contribution in [-0.2, 0) is 6.54 Å². The number of carbonyl (C=O) groups is 1. The third kappa shape index (κ3) is 4.74. The summed E-state index contributed by atoms with van der Waals surface area (Å²) >= 11 is 0. The Labute approximate surface area is 234 Å². The van der Waals surface area contributed by atoms with Crippen LogP contribution in [0.15, 0.2) is 54.7 Å². The molecule has 4 aromatic rings. The van der Waals surface area contributed by atoms with Gasteiger partial charge in [-0.15, -0.1) is 0 Å². The van der Waals surface area contributed by atoms with Gasteiger partial charge in [-0.05, 0) is 94.1 Å². The molecule has 2 saturated heterocycles. The van der Waals surface area contributed by atoms with Crippen LogP contribution in [0.3, 0.4) is 0 Å². The number of fused-ring (bicyclic) bond motifs is 3. The molecule has 2 unspecified atom stereocenters. The highest BCUT2D eigenvalue weighted by Crippen LogP contribution is 2.37. The lowest BCUT2D eigenvalue weighted by Gasteiger charge is -2.36. The van der Waals surface area contributed by atoms with Crippen molar-refractivity contribution < 1.29 is 9.53 Å². The molecular weight excluding hydrogens is 500 g/mol. The van der Waals surface area contributed by atoms with E-state index in [1.54, 1.807) is 6.07 Å². The van der Waals surface area contributed by atoms with E-state index in [2.05, 4.69) is 29.1 Å². The standard InChI is InChI=1S/C32H36N6O2/c1-37-23-9-10-24(37)18-26(17-23)40-25-11-6-21(7-12-25)31-27-16-22(32(33)39)8-13-29(27)38(36-31)19-30-34-15-14-28(35-30)20-4-2-3-5-20/h6-8,11-16,20,23-24,26H,2-5,9-10,17-19H2,1H3,(H2,33,39). The molecule has 2 N–H and O–H groups in total. The van der Waals surface area contributed by atoms with Gasteiger partial charge in [-0.2, -0.15) is 5.10 Å². The number of hydrogen-bond acceptors (Lipinski definition) is 6.